The summed E-state index contributed by atoms with van der Waals surface area (Å²) < 4.78 is 12.0. The van der Waals surface area contributed by atoms with Gasteiger partial charge in [0.1, 0.15) is 5.75 Å². The van der Waals surface area contributed by atoms with Crippen molar-refractivity contribution >= 4 is 16.7 Å². The van der Waals surface area contributed by atoms with E-state index in [0.29, 0.717) is 11.8 Å². The smallest absolute Gasteiger partial charge is 0.232 e. The van der Waals surface area contributed by atoms with Gasteiger partial charge in [-0.1, -0.05) is 42.7 Å². The maximum Gasteiger partial charge on any atom is 0.232 e. The largest absolute Gasteiger partial charge is 0.353 e. The summed E-state index contributed by atoms with van der Waals surface area (Å²) in [6.07, 6.45) is 4.52. The normalized spacial score (nSPS) is 17.3. The average molecular weight is 279 g/mol. The Balaban J connectivity index is 1.78. The highest BCUT2D eigenvalue weighted by Gasteiger charge is 2.18. The molecule has 1 saturated carbocycles. The van der Waals surface area contributed by atoms with Crippen molar-refractivity contribution in [1.29, 1.82) is 0 Å². The molecule has 1 atom stereocenters. The lowest BCUT2D eigenvalue weighted by atomic mass is 10.2. The lowest BCUT2D eigenvalue weighted by Gasteiger charge is -2.11. The van der Waals surface area contributed by atoms with Crippen LogP contribution in [0.4, 0.5) is 0 Å². The van der Waals surface area contributed by atoms with Gasteiger partial charge in [0, 0.05) is 22.6 Å². The van der Waals surface area contributed by atoms with E-state index < -0.39 is 10.8 Å². The van der Waals surface area contributed by atoms with Crippen LogP contribution in [-0.2, 0) is 21.3 Å². The average Bonchev–Trinajstić information content (AvgIpc) is 2.81. The summed E-state index contributed by atoms with van der Waals surface area (Å²) in [7, 11) is -1.12. The zero-order valence-electron chi connectivity index (χ0n) is 11.4. The predicted molar refractivity (Wildman–Crippen MR) is 78.3 cm³/mol. The second kappa shape index (κ2) is 6.85. The maximum absolute atomic E-state index is 12.0. The highest BCUT2D eigenvalue weighted by molar-refractivity contribution is 7.84. The van der Waals surface area contributed by atoms with Crippen molar-refractivity contribution in [1.82, 2.24) is 5.32 Å². The zero-order chi connectivity index (χ0) is 13.7. The van der Waals surface area contributed by atoms with Crippen molar-refractivity contribution in [2.45, 2.75) is 44.4 Å². The minimum atomic E-state index is -1.12. The summed E-state index contributed by atoms with van der Waals surface area (Å²) in [4.78, 5) is 11.8. The lowest BCUT2D eigenvalue weighted by molar-refractivity contribution is -0.119. The number of amides is 1. The number of hydrogen-bond acceptors (Lipinski definition) is 2. The number of nitrogens with one attached hydrogen (secondary N) is 1. The third kappa shape index (κ3) is 4.78. The van der Waals surface area contributed by atoms with Crippen LogP contribution in [0.15, 0.2) is 24.3 Å². The van der Waals surface area contributed by atoms with Crippen LogP contribution in [0.2, 0.25) is 0 Å². The minimum absolute atomic E-state index is 0.0714. The van der Waals surface area contributed by atoms with E-state index in [-0.39, 0.29) is 11.7 Å². The molecule has 2 rings (SSSR count). The van der Waals surface area contributed by atoms with Crippen LogP contribution in [-0.4, -0.2) is 21.9 Å². The van der Waals surface area contributed by atoms with Crippen LogP contribution in [0, 0.1) is 6.92 Å². The SMILES string of the molecule is Cc1cccc(CS(=O)CC(=O)NC2CCCC2)c1. The van der Waals surface area contributed by atoms with Crippen molar-refractivity contribution in [3.05, 3.63) is 35.4 Å². The molecule has 0 bridgehead atoms. The standard InChI is InChI=1S/C15H21NO2S/c1-12-5-4-6-13(9-12)10-19(18)11-15(17)16-14-7-2-3-8-14/h4-6,9,14H,2-3,7-8,10-11H2,1H3,(H,16,17). The van der Waals surface area contributed by atoms with Gasteiger partial charge in [-0.3, -0.25) is 9.00 Å². The Hall–Kier alpha value is -1.16. The first-order valence-electron chi connectivity index (χ1n) is 6.83. The molecule has 1 fully saturated rings. The number of rotatable bonds is 5. The van der Waals surface area contributed by atoms with Gasteiger partial charge in [-0.25, -0.2) is 0 Å². The Morgan fingerprint density at radius 1 is 1.37 bits per heavy atom. The van der Waals surface area contributed by atoms with Crippen LogP contribution >= 0.6 is 0 Å². The van der Waals surface area contributed by atoms with Gasteiger partial charge in [-0.15, -0.1) is 0 Å². The van der Waals surface area contributed by atoms with E-state index in [1.807, 2.05) is 31.2 Å². The summed E-state index contributed by atoms with van der Waals surface area (Å²) in [6.45, 7) is 2.01. The first-order valence-corrected chi connectivity index (χ1v) is 8.32. The van der Waals surface area contributed by atoms with Crippen molar-refractivity contribution in [3.63, 3.8) is 0 Å². The van der Waals surface area contributed by atoms with Crippen LogP contribution in [0.25, 0.3) is 0 Å². The summed E-state index contributed by atoms with van der Waals surface area (Å²) in [5.41, 5.74) is 2.19. The molecule has 0 aromatic heterocycles. The molecule has 0 aliphatic heterocycles. The Kier molecular flexibility index (Phi) is 5.14. The molecule has 1 amide bonds. The fraction of sp³-hybridized carbons (Fsp3) is 0.533. The van der Waals surface area contributed by atoms with Crippen molar-refractivity contribution in [2.24, 2.45) is 0 Å². The Morgan fingerprint density at radius 3 is 2.79 bits per heavy atom. The fourth-order valence-electron chi connectivity index (χ4n) is 2.52. The molecule has 19 heavy (non-hydrogen) atoms. The second-order valence-electron chi connectivity index (χ2n) is 5.27. The number of benzene rings is 1. The van der Waals surface area contributed by atoms with E-state index in [2.05, 4.69) is 5.32 Å². The van der Waals surface area contributed by atoms with Crippen molar-refractivity contribution in [2.75, 3.05) is 5.75 Å². The summed E-state index contributed by atoms with van der Waals surface area (Å²) in [5, 5.41) is 2.97. The molecule has 4 heteroatoms. The van der Waals surface area contributed by atoms with Gasteiger partial charge in [0.15, 0.2) is 0 Å². The number of aryl methyl sites for hydroxylation is 1. The number of carbonyl (C=O) groups excluding carboxylic acids is 1. The van der Waals surface area contributed by atoms with Gasteiger partial charge in [0.05, 0.1) is 0 Å². The summed E-state index contributed by atoms with van der Waals surface area (Å²) in [6, 6.07) is 8.26. The van der Waals surface area contributed by atoms with Gasteiger partial charge >= 0.3 is 0 Å². The van der Waals surface area contributed by atoms with Crippen LogP contribution in [0.5, 0.6) is 0 Å². The van der Waals surface area contributed by atoms with Gasteiger partial charge in [0.2, 0.25) is 5.91 Å². The molecule has 1 aliphatic carbocycles. The third-order valence-electron chi connectivity index (χ3n) is 3.42. The maximum atomic E-state index is 12.0. The van der Waals surface area contributed by atoms with Crippen molar-refractivity contribution in [3.8, 4) is 0 Å². The monoisotopic (exact) mass is 279 g/mol. The van der Waals surface area contributed by atoms with Gasteiger partial charge in [0.25, 0.3) is 0 Å². The van der Waals surface area contributed by atoms with Crippen LogP contribution in [0.3, 0.4) is 0 Å². The van der Waals surface area contributed by atoms with E-state index >= 15 is 0 Å². The second-order valence-corrected chi connectivity index (χ2v) is 6.72. The molecule has 0 heterocycles. The summed E-state index contributed by atoms with van der Waals surface area (Å²) in [5.74, 6) is 0.502. The van der Waals surface area contributed by atoms with Crippen LogP contribution in [0.1, 0.15) is 36.8 Å². The highest BCUT2D eigenvalue weighted by Crippen LogP contribution is 2.17. The van der Waals surface area contributed by atoms with Crippen LogP contribution < -0.4 is 5.32 Å². The molecule has 104 valence electrons. The molecule has 3 nitrogen and oxygen atoms in total. The molecule has 1 aromatic carbocycles. The van der Waals surface area contributed by atoms with E-state index in [0.717, 1.165) is 24.0 Å². The molecule has 1 aromatic rings. The molecule has 0 spiro atoms. The molecule has 0 saturated heterocycles. The quantitative estimate of drug-likeness (QED) is 0.899. The first-order chi connectivity index (χ1) is 9.13. The van der Waals surface area contributed by atoms with Gasteiger partial charge in [-0.05, 0) is 25.3 Å². The molecule has 1 N–H and O–H groups in total. The molecular weight excluding hydrogens is 258 g/mol. The molecule has 0 radical (unpaired) electrons. The molecular formula is C15H21NO2S. The van der Waals surface area contributed by atoms with E-state index in [9.17, 15) is 9.00 Å². The Morgan fingerprint density at radius 2 is 2.11 bits per heavy atom. The van der Waals surface area contributed by atoms with Gasteiger partial charge in [-0.2, -0.15) is 0 Å². The topological polar surface area (TPSA) is 46.2 Å². The Bertz CT molecular complexity index is 467. The molecule has 1 aliphatic rings. The zero-order valence-corrected chi connectivity index (χ0v) is 12.2. The highest BCUT2D eigenvalue weighted by atomic mass is 32.2. The summed E-state index contributed by atoms with van der Waals surface area (Å²) >= 11 is 0. The van der Waals surface area contributed by atoms with Gasteiger partial charge < -0.3 is 5.32 Å². The van der Waals surface area contributed by atoms with Crippen molar-refractivity contribution < 1.29 is 9.00 Å². The lowest BCUT2D eigenvalue weighted by Crippen LogP contribution is -2.35. The predicted octanol–water partition coefficient (Wildman–Crippen LogP) is 2.30. The fourth-order valence-corrected chi connectivity index (χ4v) is 3.55. The van der Waals surface area contributed by atoms with E-state index in [1.54, 1.807) is 0 Å². The minimum Gasteiger partial charge on any atom is -0.353 e. The number of carbonyl (C=O) groups is 1. The number of hydrogen-bond donors (Lipinski definition) is 1. The van der Waals surface area contributed by atoms with E-state index in [4.69, 9.17) is 0 Å². The third-order valence-corrected chi connectivity index (χ3v) is 4.66. The Labute approximate surface area is 117 Å². The van der Waals surface area contributed by atoms with E-state index in [1.165, 1.54) is 12.8 Å². The first kappa shape index (κ1) is 14.3. The molecule has 1 unspecified atom stereocenters.